The quantitative estimate of drug-likeness (QED) is 0.829. The molecular weight excluding hydrogens is 285 g/mol. The van der Waals surface area contributed by atoms with Gasteiger partial charge in [0.25, 0.3) is 0 Å². The molecule has 0 aliphatic heterocycles. The zero-order chi connectivity index (χ0) is 15.6. The van der Waals surface area contributed by atoms with Crippen LogP contribution in [-0.2, 0) is 6.42 Å². The van der Waals surface area contributed by atoms with Crippen LogP contribution in [0.5, 0.6) is 0 Å². The number of nitrogens with two attached hydrogens (primary N) is 1. The molecule has 2 N–H and O–H groups in total. The van der Waals surface area contributed by atoms with Crippen LogP contribution in [0.15, 0.2) is 18.2 Å². The molecule has 1 nitrogen and oxygen atoms in total. The summed E-state index contributed by atoms with van der Waals surface area (Å²) in [7, 11) is 0. The van der Waals surface area contributed by atoms with Crippen molar-refractivity contribution in [3.8, 4) is 0 Å². The summed E-state index contributed by atoms with van der Waals surface area (Å²) in [6.07, 6.45) is 4.28. The summed E-state index contributed by atoms with van der Waals surface area (Å²) < 4.78 is 14.0. The molecule has 1 saturated carbocycles. The lowest BCUT2D eigenvalue weighted by Gasteiger charge is -2.41. The molecule has 0 amide bonds. The molecule has 1 aromatic rings. The fraction of sp³-hybridized carbons (Fsp3) is 0.667. The van der Waals surface area contributed by atoms with Crippen molar-refractivity contribution in [2.45, 2.75) is 46.5 Å². The highest BCUT2D eigenvalue weighted by Gasteiger charge is 2.35. The predicted octanol–water partition coefficient (Wildman–Crippen LogP) is 5.06. The van der Waals surface area contributed by atoms with E-state index in [-0.39, 0.29) is 5.82 Å². The van der Waals surface area contributed by atoms with Gasteiger partial charge in [-0.1, -0.05) is 32.4 Å². The summed E-state index contributed by atoms with van der Waals surface area (Å²) in [5.41, 5.74) is 7.00. The van der Waals surface area contributed by atoms with Crippen LogP contribution >= 0.6 is 11.6 Å². The molecular formula is C18H27ClFN. The highest BCUT2D eigenvalue weighted by molar-refractivity contribution is 6.30. The molecule has 0 heterocycles. The Labute approximate surface area is 133 Å². The Hall–Kier alpha value is -0.600. The van der Waals surface area contributed by atoms with Crippen molar-refractivity contribution >= 4 is 11.6 Å². The van der Waals surface area contributed by atoms with Crippen molar-refractivity contribution < 1.29 is 4.39 Å². The molecule has 0 saturated heterocycles. The summed E-state index contributed by atoms with van der Waals surface area (Å²) in [5, 5.41) is 0.610. The van der Waals surface area contributed by atoms with Gasteiger partial charge in [-0.3, -0.25) is 0 Å². The van der Waals surface area contributed by atoms with E-state index in [4.69, 9.17) is 17.3 Å². The number of hydrogen-bond donors (Lipinski definition) is 1. The second-order valence-electron chi connectivity index (χ2n) is 7.57. The van der Waals surface area contributed by atoms with Crippen LogP contribution in [0, 0.1) is 29.0 Å². The summed E-state index contributed by atoms with van der Waals surface area (Å²) in [4.78, 5) is 0. The molecule has 0 aromatic heterocycles. The molecule has 3 heteroatoms. The first kappa shape index (κ1) is 16.8. The van der Waals surface area contributed by atoms with E-state index in [0.29, 0.717) is 34.7 Å². The Morgan fingerprint density at radius 3 is 2.57 bits per heavy atom. The first-order valence-corrected chi connectivity index (χ1v) is 8.33. The molecule has 21 heavy (non-hydrogen) atoms. The van der Waals surface area contributed by atoms with Gasteiger partial charge in [-0.2, -0.15) is 0 Å². The van der Waals surface area contributed by atoms with Crippen LogP contribution in [0.3, 0.4) is 0 Å². The van der Waals surface area contributed by atoms with E-state index in [1.165, 1.54) is 12.5 Å². The zero-order valence-electron chi connectivity index (χ0n) is 13.3. The maximum atomic E-state index is 14.0. The van der Waals surface area contributed by atoms with Crippen LogP contribution < -0.4 is 5.73 Å². The van der Waals surface area contributed by atoms with Crippen molar-refractivity contribution in [1.82, 2.24) is 0 Å². The van der Waals surface area contributed by atoms with E-state index in [9.17, 15) is 4.39 Å². The first-order valence-electron chi connectivity index (χ1n) is 7.95. The predicted molar refractivity (Wildman–Crippen MR) is 87.9 cm³/mol. The molecule has 1 aliphatic carbocycles. The highest BCUT2D eigenvalue weighted by Crippen LogP contribution is 2.43. The molecule has 1 aromatic carbocycles. The SMILES string of the molecule is CC(C)(C)C1CCC(CN)C(Cc2cc(Cl)ccc2F)C1. The third-order valence-corrected chi connectivity index (χ3v) is 5.39. The molecule has 0 bridgehead atoms. The van der Waals surface area contributed by atoms with Crippen LogP contribution in [0.1, 0.15) is 45.6 Å². The maximum Gasteiger partial charge on any atom is 0.126 e. The van der Waals surface area contributed by atoms with Gasteiger partial charge in [0.15, 0.2) is 0 Å². The zero-order valence-corrected chi connectivity index (χ0v) is 14.1. The van der Waals surface area contributed by atoms with E-state index in [1.807, 2.05) is 0 Å². The van der Waals surface area contributed by atoms with Crippen molar-refractivity contribution in [2.24, 2.45) is 28.9 Å². The van der Waals surface area contributed by atoms with Gasteiger partial charge >= 0.3 is 0 Å². The third kappa shape index (κ3) is 4.20. The van der Waals surface area contributed by atoms with Gasteiger partial charge in [0.2, 0.25) is 0 Å². The third-order valence-electron chi connectivity index (χ3n) is 5.16. The van der Waals surface area contributed by atoms with Crippen LogP contribution in [0.25, 0.3) is 0 Å². The minimum atomic E-state index is -0.145. The summed E-state index contributed by atoms with van der Waals surface area (Å²) >= 11 is 6.01. The fourth-order valence-corrected chi connectivity index (χ4v) is 3.85. The Morgan fingerprint density at radius 2 is 1.95 bits per heavy atom. The molecule has 0 spiro atoms. The van der Waals surface area contributed by atoms with E-state index in [0.717, 1.165) is 24.8 Å². The van der Waals surface area contributed by atoms with E-state index >= 15 is 0 Å². The largest absolute Gasteiger partial charge is 0.330 e. The maximum absolute atomic E-state index is 14.0. The van der Waals surface area contributed by atoms with Gasteiger partial charge in [-0.05, 0) is 79.2 Å². The monoisotopic (exact) mass is 311 g/mol. The van der Waals surface area contributed by atoms with Gasteiger partial charge in [-0.25, -0.2) is 4.39 Å². The average Bonchev–Trinajstić information content (AvgIpc) is 2.42. The van der Waals surface area contributed by atoms with Crippen LogP contribution in [0.4, 0.5) is 4.39 Å². The van der Waals surface area contributed by atoms with Gasteiger partial charge in [-0.15, -0.1) is 0 Å². The molecule has 1 fully saturated rings. The van der Waals surface area contributed by atoms with Crippen molar-refractivity contribution in [3.05, 3.63) is 34.6 Å². The number of hydrogen-bond acceptors (Lipinski definition) is 1. The topological polar surface area (TPSA) is 26.0 Å². The standard InChI is InChI=1S/C18H27ClFN/c1-18(2,3)15-5-4-12(11-21)13(9-15)8-14-10-16(19)6-7-17(14)20/h6-7,10,12-13,15H,4-5,8-9,11,21H2,1-3H3. The number of benzene rings is 1. The second kappa shape index (κ2) is 6.66. The van der Waals surface area contributed by atoms with E-state index in [2.05, 4.69) is 20.8 Å². The number of halogens is 2. The van der Waals surface area contributed by atoms with Gasteiger partial charge in [0.1, 0.15) is 5.82 Å². The Bertz CT molecular complexity index is 481. The van der Waals surface area contributed by atoms with Crippen LogP contribution in [0.2, 0.25) is 5.02 Å². The van der Waals surface area contributed by atoms with Crippen molar-refractivity contribution in [2.75, 3.05) is 6.54 Å². The second-order valence-corrected chi connectivity index (χ2v) is 8.01. The lowest BCUT2D eigenvalue weighted by Crippen LogP contribution is -2.36. The first-order chi connectivity index (χ1) is 9.81. The van der Waals surface area contributed by atoms with Gasteiger partial charge in [0, 0.05) is 5.02 Å². The highest BCUT2D eigenvalue weighted by atomic mass is 35.5. The van der Waals surface area contributed by atoms with Crippen molar-refractivity contribution in [1.29, 1.82) is 0 Å². The minimum Gasteiger partial charge on any atom is -0.330 e. The van der Waals surface area contributed by atoms with Crippen molar-refractivity contribution in [3.63, 3.8) is 0 Å². The van der Waals surface area contributed by atoms with Crippen LogP contribution in [-0.4, -0.2) is 6.54 Å². The molecule has 0 radical (unpaired) electrons. The van der Waals surface area contributed by atoms with E-state index < -0.39 is 0 Å². The fourth-order valence-electron chi connectivity index (χ4n) is 3.66. The molecule has 3 atom stereocenters. The molecule has 1 aliphatic rings. The van der Waals surface area contributed by atoms with E-state index in [1.54, 1.807) is 12.1 Å². The number of rotatable bonds is 3. The van der Waals surface area contributed by atoms with Gasteiger partial charge in [0.05, 0.1) is 0 Å². The summed E-state index contributed by atoms with van der Waals surface area (Å²) in [6.45, 7) is 7.61. The minimum absolute atomic E-state index is 0.145. The normalized spacial score (nSPS) is 26.9. The molecule has 118 valence electrons. The van der Waals surface area contributed by atoms with Gasteiger partial charge < -0.3 is 5.73 Å². The Kier molecular flexibility index (Phi) is 5.32. The lowest BCUT2D eigenvalue weighted by molar-refractivity contribution is 0.101. The molecule has 2 rings (SSSR count). The lowest BCUT2D eigenvalue weighted by atomic mass is 9.64. The summed E-state index contributed by atoms with van der Waals surface area (Å²) in [5.74, 6) is 1.50. The Morgan fingerprint density at radius 1 is 1.24 bits per heavy atom. The molecule has 3 unspecified atom stereocenters. The average molecular weight is 312 g/mol. The Balaban J connectivity index is 2.16. The summed E-state index contributed by atoms with van der Waals surface area (Å²) in [6, 6.07) is 4.85. The smallest absolute Gasteiger partial charge is 0.126 e.